The molecule has 33 heavy (non-hydrogen) atoms. The second-order valence-corrected chi connectivity index (χ2v) is 8.82. The van der Waals surface area contributed by atoms with Crippen molar-refractivity contribution in [3.05, 3.63) is 46.8 Å². The van der Waals surface area contributed by atoms with Crippen LogP contribution in [0.2, 0.25) is 0 Å². The Morgan fingerprint density at radius 2 is 2.24 bits per heavy atom. The number of para-hydroxylation sites is 1. The number of nitrogens with one attached hydrogen (secondary N) is 1. The van der Waals surface area contributed by atoms with Crippen LogP contribution in [0.15, 0.2) is 39.9 Å². The van der Waals surface area contributed by atoms with E-state index in [1.807, 2.05) is 38.1 Å². The number of carboxylic acid groups (broad SMARTS) is 1. The highest BCUT2D eigenvalue weighted by Crippen LogP contribution is 2.38. The highest BCUT2D eigenvalue weighted by Gasteiger charge is 2.26. The lowest BCUT2D eigenvalue weighted by molar-refractivity contribution is -0.137. The lowest BCUT2D eigenvalue weighted by Gasteiger charge is -2.21. The van der Waals surface area contributed by atoms with Gasteiger partial charge >= 0.3 is 5.97 Å². The Kier molecular flexibility index (Phi) is 7.47. The Balaban J connectivity index is 1.57. The van der Waals surface area contributed by atoms with E-state index in [0.29, 0.717) is 54.9 Å². The molecule has 0 saturated heterocycles. The molecule has 0 saturated carbocycles. The van der Waals surface area contributed by atoms with E-state index in [9.17, 15) is 4.79 Å². The summed E-state index contributed by atoms with van der Waals surface area (Å²) >= 11 is 6.43. The monoisotopic (exact) mass is 473 g/mol. The first-order chi connectivity index (χ1) is 15.9. The second-order valence-electron chi connectivity index (χ2n) is 8.39. The average molecular weight is 474 g/mol. The van der Waals surface area contributed by atoms with Gasteiger partial charge in [-0.1, -0.05) is 35.0 Å². The summed E-state index contributed by atoms with van der Waals surface area (Å²) in [6.07, 6.45) is 5.75. The molecule has 1 aromatic carbocycles. The van der Waals surface area contributed by atoms with Crippen LogP contribution in [0.5, 0.6) is 5.75 Å². The summed E-state index contributed by atoms with van der Waals surface area (Å²) in [5, 5.41) is 17.2. The quantitative estimate of drug-likeness (QED) is 0.567. The number of benzene rings is 1. The predicted molar refractivity (Wildman–Crippen MR) is 124 cm³/mol. The number of carboxylic acids is 1. The minimum atomic E-state index is -0.790. The van der Waals surface area contributed by atoms with E-state index >= 15 is 0 Å². The van der Waals surface area contributed by atoms with Gasteiger partial charge in [0, 0.05) is 35.2 Å². The molecule has 0 radical (unpaired) electrons. The molecule has 4 rings (SSSR count). The molecule has 176 valence electrons. The summed E-state index contributed by atoms with van der Waals surface area (Å²) < 4.78 is 17.4. The Bertz CT molecular complexity index is 1060. The predicted octanol–water partition coefficient (Wildman–Crippen LogP) is 4.72. The Morgan fingerprint density at radius 1 is 1.39 bits per heavy atom. The van der Waals surface area contributed by atoms with E-state index in [4.69, 9.17) is 30.7 Å². The van der Waals surface area contributed by atoms with E-state index in [1.54, 1.807) is 6.08 Å². The van der Waals surface area contributed by atoms with Crippen molar-refractivity contribution < 1.29 is 23.9 Å². The average Bonchev–Trinajstić information content (AvgIpc) is 3.17. The Hall–Kier alpha value is -2.68. The van der Waals surface area contributed by atoms with Crippen molar-refractivity contribution in [1.29, 1.82) is 0 Å². The van der Waals surface area contributed by atoms with Crippen LogP contribution in [-0.4, -0.2) is 46.6 Å². The van der Waals surface area contributed by atoms with Gasteiger partial charge in [-0.15, -0.1) is 0 Å². The summed E-state index contributed by atoms with van der Waals surface area (Å²) in [6.45, 7) is 5.11. The molecule has 0 amide bonds. The van der Waals surface area contributed by atoms with Gasteiger partial charge in [0.25, 0.3) is 5.89 Å². The number of aliphatic carboxylic acids is 1. The molecule has 0 spiro atoms. The first-order valence-electron chi connectivity index (χ1n) is 11.2. The number of ether oxygens (including phenoxy) is 2. The van der Waals surface area contributed by atoms with Crippen molar-refractivity contribution in [3.8, 4) is 17.1 Å². The van der Waals surface area contributed by atoms with Gasteiger partial charge < -0.3 is 24.4 Å². The van der Waals surface area contributed by atoms with E-state index in [-0.39, 0.29) is 24.7 Å². The van der Waals surface area contributed by atoms with Gasteiger partial charge in [0.2, 0.25) is 5.82 Å². The largest absolute Gasteiger partial charge is 0.491 e. The molecular formula is C24H28ClN3O5. The van der Waals surface area contributed by atoms with Crippen LogP contribution in [0.3, 0.4) is 0 Å². The number of allylic oxidation sites excluding steroid dienone is 2. The van der Waals surface area contributed by atoms with Crippen LogP contribution in [-0.2, 0) is 9.53 Å². The third kappa shape index (κ3) is 5.63. The first kappa shape index (κ1) is 23.5. The number of halogens is 1. The van der Waals surface area contributed by atoms with Gasteiger partial charge in [0.05, 0.1) is 17.8 Å². The summed E-state index contributed by atoms with van der Waals surface area (Å²) in [6, 6.07) is 5.81. The molecule has 2 N–H and O–H groups in total. The number of hydrogen-bond donors (Lipinski definition) is 2. The van der Waals surface area contributed by atoms with E-state index in [1.165, 1.54) is 0 Å². The van der Waals surface area contributed by atoms with Crippen molar-refractivity contribution in [2.75, 3.05) is 13.2 Å². The van der Waals surface area contributed by atoms with Gasteiger partial charge in [-0.3, -0.25) is 4.79 Å². The number of nitrogens with zero attached hydrogens (tertiary/aromatic N) is 2. The topological polar surface area (TPSA) is 107 Å². The summed E-state index contributed by atoms with van der Waals surface area (Å²) in [7, 11) is 0. The van der Waals surface area contributed by atoms with Crippen molar-refractivity contribution in [2.45, 2.75) is 57.8 Å². The van der Waals surface area contributed by atoms with Crippen molar-refractivity contribution in [1.82, 2.24) is 15.5 Å². The van der Waals surface area contributed by atoms with Gasteiger partial charge in [0.15, 0.2) is 0 Å². The van der Waals surface area contributed by atoms with Crippen molar-refractivity contribution >= 4 is 23.1 Å². The molecule has 2 unspecified atom stereocenters. The summed E-state index contributed by atoms with van der Waals surface area (Å²) in [5.74, 6) is 0.723. The van der Waals surface area contributed by atoms with Crippen LogP contribution in [0, 0.1) is 0 Å². The molecule has 8 nitrogen and oxygen atoms in total. The molecule has 0 fully saturated rings. The van der Waals surface area contributed by atoms with Crippen molar-refractivity contribution in [2.24, 2.45) is 0 Å². The maximum atomic E-state index is 10.9. The number of aromatic nitrogens is 2. The smallest absolute Gasteiger partial charge is 0.303 e. The number of hydrogen-bond acceptors (Lipinski definition) is 7. The fourth-order valence-electron chi connectivity index (χ4n) is 4.07. The first-order valence-corrected chi connectivity index (χ1v) is 11.6. The van der Waals surface area contributed by atoms with Gasteiger partial charge in [-0.25, -0.2) is 0 Å². The maximum absolute atomic E-state index is 10.9. The van der Waals surface area contributed by atoms with E-state index in [0.717, 1.165) is 16.7 Å². The molecular weight excluding hydrogens is 446 g/mol. The van der Waals surface area contributed by atoms with Crippen LogP contribution >= 0.6 is 11.6 Å². The third-order valence-electron chi connectivity index (χ3n) is 5.55. The zero-order chi connectivity index (χ0) is 23.4. The summed E-state index contributed by atoms with van der Waals surface area (Å²) in [4.78, 5) is 15.5. The molecule has 2 heterocycles. The van der Waals surface area contributed by atoms with Crippen LogP contribution < -0.4 is 10.1 Å². The standard InChI is InChI=1S/C24H28ClN3O5/c1-14(2)32-20-10-9-15(13-18(20)25)24-27-23(28-33-24)17-6-3-5-16-19(7-4-8-21(29)30)26-11-12-31-22(16)17/h3,5-6,9,13-14,19-20,26H,4,7-8,10-12H2,1-2H3,(H,29,30). The molecule has 1 aliphatic heterocycles. The molecule has 2 aliphatic rings. The number of carbonyl (C=O) groups is 1. The molecule has 0 bridgehead atoms. The van der Waals surface area contributed by atoms with E-state index < -0.39 is 5.97 Å². The molecule has 1 aliphatic carbocycles. The highest BCUT2D eigenvalue weighted by molar-refractivity contribution is 6.31. The zero-order valence-electron chi connectivity index (χ0n) is 18.7. The van der Waals surface area contributed by atoms with Crippen LogP contribution in [0.4, 0.5) is 0 Å². The van der Waals surface area contributed by atoms with Crippen LogP contribution in [0.25, 0.3) is 17.0 Å². The Morgan fingerprint density at radius 3 is 3.00 bits per heavy atom. The fraction of sp³-hybridized carbons (Fsp3) is 0.458. The zero-order valence-corrected chi connectivity index (χ0v) is 19.5. The molecule has 9 heteroatoms. The normalized spacial score (nSPS) is 20.5. The van der Waals surface area contributed by atoms with Gasteiger partial charge in [0.1, 0.15) is 12.4 Å². The lowest BCUT2D eigenvalue weighted by atomic mass is 9.97. The lowest BCUT2D eigenvalue weighted by Crippen LogP contribution is -2.23. The molecule has 2 aromatic rings. The minimum absolute atomic E-state index is 0.00569. The fourth-order valence-corrected chi connectivity index (χ4v) is 4.33. The number of fused-ring (bicyclic) bond motifs is 1. The van der Waals surface area contributed by atoms with Gasteiger partial charge in [-0.05, 0) is 45.3 Å². The number of rotatable bonds is 8. The molecule has 1 aromatic heterocycles. The van der Waals surface area contributed by atoms with Crippen LogP contribution in [0.1, 0.15) is 57.0 Å². The second kappa shape index (κ2) is 10.5. The highest BCUT2D eigenvalue weighted by atomic mass is 35.5. The molecule has 2 atom stereocenters. The SMILES string of the molecule is CC(C)OC1CC=C(c2nc(-c3cccc4c3OCCNC4CCCC(=O)O)no2)C=C1Cl. The third-order valence-corrected chi connectivity index (χ3v) is 5.90. The van der Waals surface area contributed by atoms with Crippen molar-refractivity contribution in [3.63, 3.8) is 0 Å². The van der Waals surface area contributed by atoms with E-state index in [2.05, 4.69) is 15.5 Å². The maximum Gasteiger partial charge on any atom is 0.303 e. The summed E-state index contributed by atoms with van der Waals surface area (Å²) in [5.41, 5.74) is 2.47. The van der Waals surface area contributed by atoms with Gasteiger partial charge in [-0.2, -0.15) is 4.98 Å². The minimum Gasteiger partial charge on any atom is -0.491 e. The Labute approximate surface area is 197 Å².